The predicted molar refractivity (Wildman–Crippen MR) is 50.4 cm³/mol. The maximum absolute atomic E-state index is 11.4. The summed E-state index contributed by atoms with van der Waals surface area (Å²) in [5.41, 5.74) is 2.42. The second-order valence-electron chi connectivity index (χ2n) is 3.38. The van der Waals surface area contributed by atoms with E-state index in [-0.39, 0.29) is 0 Å². The second kappa shape index (κ2) is 3.55. The van der Waals surface area contributed by atoms with Gasteiger partial charge in [0.2, 0.25) is 0 Å². The molecule has 4 nitrogen and oxygen atoms in total. The van der Waals surface area contributed by atoms with Crippen molar-refractivity contribution in [3.8, 4) is 0 Å². The Labute approximate surface area is 82.3 Å². The number of aliphatic hydroxyl groups is 1. The molecule has 2 rings (SSSR count). The van der Waals surface area contributed by atoms with Crippen molar-refractivity contribution in [2.75, 3.05) is 13.2 Å². The highest BCUT2D eigenvalue weighted by Gasteiger charge is 2.32. The smallest absolute Gasteiger partial charge is 0.338 e. The number of hydrogen-bond acceptors (Lipinski definition) is 4. The summed E-state index contributed by atoms with van der Waals surface area (Å²) < 4.78 is 4.89. The Morgan fingerprint density at radius 3 is 3.14 bits per heavy atom. The zero-order valence-electron chi connectivity index (χ0n) is 8.04. The average molecular weight is 195 g/mol. The van der Waals surface area contributed by atoms with Crippen LogP contribution in [0.15, 0.2) is 22.8 Å². The van der Waals surface area contributed by atoms with Crippen molar-refractivity contribution in [1.29, 1.82) is 0 Å². The number of nitrogens with one attached hydrogen (secondary N) is 1. The highest BCUT2D eigenvalue weighted by molar-refractivity contribution is 5.92. The van der Waals surface area contributed by atoms with Gasteiger partial charge in [0.05, 0.1) is 12.2 Å². The van der Waals surface area contributed by atoms with Crippen molar-refractivity contribution in [2.24, 2.45) is 0 Å². The number of cyclic esters (lactones) is 1. The highest BCUT2D eigenvalue weighted by Crippen LogP contribution is 2.28. The predicted octanol–water partition coefficient (Wildman–Crippen LogP) is 0.0978. The minimum atomic E-state index is -0.874. The molecular formula is C10H13NO3. The van der Waals surface area contributed by atoms with Gasteiger partial charge in [0.15, 0.2) is 0 Å². The van der Waals surface area contributed by atoms with Crippen LogP contribution in [0.2, 0.25) is 0 Å². The molecule has 0 saturated carbocycles. The van der Waals surface area contributed by atoms with Gasteiger partial charge in [-0.25, -0.2) is 4.79 Å². The summed E-state index contributed by atoms with van der Waals surface area (Å²) in [5, 5.41) is 12.4. The first-order valence-electron chi connectivity index (χ1n) is 4.71. The summed E-state index contributed by atoms with van der Waals surface area (Å²) in [7, 11) is 0. The quantitative estimate of drug-likeness (QED) is 0.538. The van der Waals surface area contributed by atoms with Crippen LogP contribution in [0.1, 0.15) is 13.3 Å². The lowest BCUT2D eigenvalue weighted by Crippen LogP contribution is -2.42. The van der Waals surface area contributed by atoms with Gasteiger partial charge in [-0.2, -0.15) is 0 Å². The molecule has 0 aromatic heterocycles. The molecule has 0 bridgehead atoms. The first-order valence-corrected chi connectivity index (χ1v) is 4.71. The number of aliphatic hydroxyl groups excluding tert-OH is 1. The Kier molecular flexibility index (Phi) is 2.39. The van der Waals surface area contributed by atoms with Crippen LogP contribution in [-0.2, 0) is 9.53 Å². The van der Waals surface area contributed by atoms with E-state index in [0.717, 1.165) is 11.1 Å². The van der Waals surface area contributed by atoms with Gasteiger partial charge in [-0.05, 0) is 18.1 Å². The number of rotatable bonds is 0. The summed E-state index contributed by atoms with van der Waals surface area (Å²) >= 11 is 0. The van der Waals surface area contributed by atoms with Crippen molar-refractivity contribution < 1.29 is 14.6 Å². The molecule has 1 atom stereocenters. The third kappa shape index (κ3) is 1.36. The zero-order chi connectivity index (χ0) is 10.1. The lowest BCUT2D eigenvalue weighted by atomic mass is 9.91. The summed E-state index contributed by atoms with van der Waals surface area (Å²) in [4.78, 5) is 11.4. The fourth-order valence-corrected chi connectivity index (χ4v) is 1.88. The van der Waals surface area contributed by atoms with Gasteiger partial charge in [0, 0.05) is 13.0 Å². The van der Waals surface area contributed by atoms with Gasteiger partial charge in [-0.1, -0.05) is 6.08 Å². The Bertz CT molecular complexity index is 330. The molecule has 0 spiro atoms. The molecule has 2 aliphatic heterocycles. The first kappa shape index (κ1) is 9.43. The summed E-state index contributed by atoms with van der Waals surface area (Å²) in [5.74, 6) is -0.398. The van der Waals surface area contributed by atoms with Gasteiger partial charge in [-0.15, -0.1) is 0 Å². The van der Waals surface area contributed by atoms with E-state index in [9.17, 15) is 9.90 Å². The molecule has 0 radical (unpaired) electrons. The van der Waals surface area contributed by atoms with Crippen molar-refractivity contribution in [2.45, 2.75) is 19.6 Å². The number of ether oxygens (including phenoxy) is 1. The maximum Gasteiger partial charge on any atom is 0.338 e. The summed E-state index contributed by atoms with van der Waals surface area (Å²) in [6.45, 7) is 2.96. The standard InChI is InChI=1S/C10H13NO3/c1-2-6-5-11-9(12)8-7(6)3-4-14-10(8)13/h2,9,11-12H,3-5H2,1H3. The lowest BCUT2D eigenvalue weighted by molar-refractivity contribution is -0.141. The second-order valence-corrected chi connectivity index (χ2v) is 3.38. The van der Waals surface area contributed by atoms with Crippen LogP contribution in [0.25, 0.3) is 0 Å². The molecule has 2 heterocycles. The Morgan fingerprint density at radius 1 is 1.64 bits per heavy atom. The first-order chi connectivity index (χ1) is 6.74. The van der Waals surface area contributed by atoms with E-state index >= 15 is 0 Å². The zero-order valence-corrected chi connectivity index (χ0v) is 8.04. The van der Waals surface area contributed by atoms with Gasteiger partial charge >= 0.3 is 5.97 Å². The largest absolute Gasteiger partial charge is 0.462 e. The molecule has 0 aliphatic carbocycles. The van der Waals surface area contributed by atoms with Gasteiger partial charge in [0.25, 0.3) is 0 Å². The third-order valence-corrected chi connectivity index (χ3v) is 2.63. The average Bonchev–Trinajstić information content (AvgIpc) is 2.18. The van der Waals surface area contributed by atoms with Crippen LogP contribution >= 0.6 is 0 Å². The van der Waals surface area contributed by atoms with Crippen molar-refractivity contribution in [3.05, 3.63) is 22.8 Å². The van der Waals surface area contributed by atoms with E-state index < -0.39 is 12.2 Å². The van der Waals surface area contributed by atoms with Gasteiger partial charge in [0.1, 0.15) is 6.23 Å². The Balaban J connectivity index is 2.47. The number of carbonyl (C=O) groups excluding carboxylic acids is 1. The van der Waals surface area contributed by atoms with E-state index in [4.69, 9.17) is 4.74 Å². The topological polar surface area (TPSA) is 58.6 Å². The van der Waals surface area contributed by atoms with E-state index in [1.165, 1.54) is 0 Å². The van der Waals surface area contributed by atoms with Crippen molar-refractivity contribution in [1.82, 2.24) is 5.32 Å². The molecule has 4 heteroatoms. The normalized spacial score (nSPS) is 30.3. The molecule has 0 fully saturated rings. The fourth-order valence-electron chi connectivity index (χ4n) is 1.88. The van der Waals surface area contributed by atoms with E-state index in [2.05, 4.69) is 5.32 Å². The number of hydrogen-bond donors (Lipinski definition) is 2. The van der Waals surface area contributed by atoms with E-state index in [1.807, 2.05) is 13.0 Å². The minimum absolute atomic E-state index is 0.385. The van der Waals surface area contributed by atoms with Crippen LogP contribution < -0.4 is 5.32 Å². The molecule has 76 valence electrons. The van der Waals surface area contributed by atoms with E-state index in [0.29, 0.717) is 25.1 Å². The Morgan fingerprint density at radius 2 is 2.43 bits per heavy atom. The van der Waals surface area contributed by atoms with Gasteiger partial charge in [-0.3, -0.25) is 5.32 Å². The minimum Gasteiger partial charge on any atom is -0.462 e. The lowest BCUT2D eigenvalue weighted by Gasteiger charge is -2.30. The number of carbonyl (C=O) groups is 1. The molecule has 0 amide bonds. The van der Waals surface area contributed by atoms with Crippen LogP contribution in [0.3, 0.4) is 0 Å². The maximum atomic E-state index is 11.4. The highest BCUT2D eigenvalue weighted by atomic mass is 16.5. The van der Waals surface area contributed by atoms with Crippen molar-refractivity contribution >= 4 is 5.97 Å². The molecule has 0 aromatic carbocycles. The van der Waals surface area contributed by atoms with Crippen LogP contribution in [0, 0.1) is 0 Å². The molecule has 0 saturated heterocycles. The number of esters is 1. The molecule has 14 heavy (non-hydrogen) atoms. The van der Waals surface area contributed by atoms with Crippen LogP contribution in [0.5, 0.6) is 0 Å². The molecule has 0 aromatic rings. The summed E-state index contributed by atoms with van der Waals surface area (Å²) in [6.07, 6.45) is 1.80. The molecule has 1 unspecified atom stereocenters. The molecule has 2 aliphatic rings. The fraction of sp³-hybridized carbons (Fsp3) is 0.500. The third-order valence-electron chi connectivity index (χ3n) is 2.63. The van der Waals surface area contributed by atoms with Gasteiger partial charge < -0.3 is 9.84 Å². The monoisotopic (exact) mass is 195 g/mol. The number of allylic oxidation sites excluding steroid dienone is 1. The molecular weight excluding hydrogens is 182 g/mol. The van der Waals surface area contributed by atoms with Crippen LogP contribution in [-0.4, -0.2) is 30.5 Å². The Hall–Kier alpha value is -1.13. The summed E-state index contributed by atoms with van der Waals surface area (Å²) in [6, 6.07) is 0. The van der Waals surface area contributed by atoms with Crippen molar-refractivity contribution in [3.63, 3.8) is 0 Å². The molecule has 2 N–H and O–H groups in total. The van der Waals surface area contributed by atoms with E-state index in [1.54, 1.807) is 0 Å². The SMILES string of the molecule is CC=C1CNC(O)C2=C1CCOC2=O. The van der Waals surface area contributed by atoms with Crippen LogP contribution in [0.4, 0.5) is 0 Å².